The molecule has 4 heteroatoms. The highest BCUT2D eigenvalue weighted by atomic mass is 17.4. The van der Waals surface area contributed by atoms with Crippen molar-refractivity contribution < 1.29 is 19.3 Å². The van der Waals surface area contributed by atoms with Gasteiger partial charge in [-0.15, -0.1) is 0 Å². The van der Waals surface area contributed by atoms with E-state index in [9.17, 15) is 4.79 Å². The summed E-state index contributed by atoms with van der Waals surface area (Å²) >= 11 is 0. The smallest absolute Gasteiger partial charge is 0.309 e. The Hall–Kier alpha value is -0.610. The summed E-state index contributed by atoms with van der Waals surface area (Å²) in [5.41, 5.74) is -0.340. The Bertz CT molecular complexity index is 376. The minimum absolute atomic E-state index is 0.0402. The largest absolute Gasteiger partial charge is 0.459 e. The van der Waals surface area contributed by atoms with Gasteiger partial charge in [0, 0.05) is 6.42 Å². The fourth-order valence-electron chi connectivity index (χ4n) is 2.93. The average molecular weight is 343 g/mol. The van der Waals surface area contributed by atoms with Crippen LogP contribution in [0.25, 0.3) is 0 Å². The molecular formula is C20H38O4. The molecule has 0 aliphatic carbocycles. The van der Waals surface area contributed by atoms with Crippen LogP contribution in [0.15, 0.2) is 0 Å². The molecule has 0 spiro atoms. The monoisotopic (exact) mass is 342 g/mol. The quantitative estimate of drug-likeness (QED) is 0.241. The predicted molar refractivity (Wildman–Crippen MR) is 96.3 cm³/mol. The van der Waals surface area contributed by atoms with Crippen molar-refractivity contribution in [3.63, 3.8) is 0 Å². The number of hydrogen-bond acceptors (Lipinski definition) is 4. The molecule has 0 radical (unpaired) electrons. The van der Waals surface area contributed by atoms with Gasteiger partial charge in [-0.05, 0) is 51.9 Å². The Morgan fingerprint density at radius 2 is 1.79 bits per heavy atom. The van der Waals surface area contributed by atoms with Crippen molar-refractivity contribution in [2.75, 3.05) is 0 Å². The van der Waals surface area contributed by atoms with Crippen LogP contribution in [0, 0.1) is 11.8 Å². The van der Waals surface area contributed by atoms with Gasteiger partial charge in [-0.3, -0.25) is 4.79 Å². The number of carbonyl (C=O) groups excluding carboxylic acids is 1. The molecule has 0 aromatic rings. The highest BCUT2D eigenvalue weighted by molar-refractivity contribution is 5.72. The lowest BCUT2D eigenvalue weighted by molar-refractivity contribution is -0.165. The van der Waals surface area contributed by atoms with Crippen molar-refractivity contribution in [1.82, 2.24) is 0 Å². The Morgan fingerprint density at radius 3 is 2.29 bits per heavy atom. The fourth-order valence-corrected chi connectivity index (χ4v) is 2.93. The molecule has 1 fully saturated rings. The molecule has 1 rings (SSSR count). The number of hydrogen-bond donors (Lipinski definition) is 0. The second-order valence-electron chi connectivity index (χ2n) is 8.19. The lowest BCUT2D eigenvalue weighted by Crippen LogP contribution is -2.34. The van der Waals surface area contributed by atoms with Gasteiger partial charge < -0.3 is 4.74 Å². The molecule has 142 valence electrons. The number of unbranched alkanes of at least 4 members (excludes halogenated alkanes) is 1. The van der Waals surface area contributed by atoms with Gasteiger partial charge in [0.2, 0.25) is 5.79 Å². The Morgan fingerprint density at radius 1 is 1.12 bits per heavy atom. The molecule has 1 aliphatic heterocycles. The lowest BCUT2D eigenvalue weighted by Gasteiger charge is -2.31. The molecule has 2 unspecified atom stereocenters. The Balaban J connectivity index is 2.54. The van der Waals surface area contributed by atoms with Crippen LogP contribution in [0.3, 0.4) is 0 Å². The number of ether oxygens (including phenoxy) is 1. The molecule has 0 aromatic carbocycles. The first-order valence-electron chi connectivity index (χ1n) is 9.83. The summed E-state index contributed by atoms with van der Waals surface area (Å²) in [6, 6.07) is 0. The van der Waals surface area contributed by atoms with E-state index in [1.807, 2.05) is 6.92 Å². The van der Waals surface area contributed by atoms with Crippen LogP contribution in [0.4, 0.5) is 0 Å². The lowest BCUT2D eigenvalue weighted by atomic mass is 9.91. The molecular weight excluding hydrogens is 304 g/mol. The van der Waals surface area contributed by atoms with Crippen molar-refractivity contribution in [3.05, 3.63) is 0 Å². The topological polar surface area (TPSA) is 51.4 Å². The van der Waals surface area contributed by atoms with Crippen molar-refractivity contribution in [3.8, 4) is 0 Å². The maximum Gasteiger partial charge on any atom is 0.309 e. The van der Waals surface area contributed by atoms with E-state index in [1.165, 1.54) is 6.42 Å². The third-order valence-electron chi connectivity index (χ3n) is 5.14. The highest BCUT2D eigenvalue weighted by Gasteiger charge is 2.44. The van der Waals surface area contributed by atoms with Crippen LogP contribution in [0.5, 0.6) is 0 Å². The first-order chi connectivity index (χ1) is 11.2. The third-order valence-corrected chi connectivity index (χ3v) is 5.14. The van der Waals surface area contributed by atoms with E-state index >= 15 is 0 Å². The summed E-state index contributed by atoms with van der Waals surface area (Å²) < 4.78 is 5.99. The van der Waals surface area contributed by atoms with Crippen LogP contribution < -0.4 is 0 Å². The molecule has 0 amide bonds. The van der Waals surface area contributed by atoms with Crippen LogP contribution in [0.2, 0.25) is 0 Å². The van der Waals surface area contributed by atoms with Gasteiger partial charge in [0.15, 0.2) is 0 Å². The second kappa shape index (κ2) is 9.76. The van der Waals surface area contributed by atoms with Crippen molar-refractivity contribution in [2.24, 2.45) is 11.8 Å². The van der Waals surface area contributed by atoms with E-state index in [4.69, 9.17) is 14.5 Å². The fraction of sp³-hybridized carbons (Fsp3) is 0.950. The first kappa shape index (κ1) is 21.4. The van der Waals surface area contributed by atoms with E-state index in [2.05, 4.69) is 34.6 Å². The van der Waals surface area contributed by atoms with Gasteiger partial charge in [0.05, 0.1) is 5.92 Å². The molecule has 24 heavy (non-hydrogen) atoms. The number of rotatable bonds is 13. The number of esters is 1. The zero-order chi connectivity index (χ0) is 18.2. The second-order valence-corrected chi connectivity index (χ2v) is 8.19. The summed E-state index contributed by atoms with van der Waals surface area (Å²) in [6.45, 7) is 12.7. The maximum atomic E-state index is 12.8. The summed E-state index contributed by atoms with van der Waals surface area (Å²) in [7, 11) is 0. The molecule has 1 saturated heterocycles. The third kappa shape index (κ3) is 7.98. The van der Waals surface area contributed by atoms with Gasteiger partial charge >= 0.3 is 5.97 Å². The van der Waals surface area contributed by atoms with Crippen LogP contribution in [-0.4, -0.2) is 17.4 Å². The van der Waals surface area contributed by atoms with Crippen LogP contribution in [-0.2, 0) is 19.3 Å². The van der Waals surface area contributed by atoms with Gasteiger partial charge in [0.1, 0.15) is 5.60 Å². The van der Waals surface area contributed by atoms with Crippen LogP contribution in [0.1, 0.15) is 99.3 Å². The van der Waals surface area contributed by atoms with E-state index in [1.54, 1.807) is 0 Å². The standard InChI is InChI=1S/C20H38O4/c1-7-9-12-17(13-15-20(6)23-24-20)18(21)22-19(5,8-2)14-10-11-16(3)4/h16-17H,7-15H2,1-6H3. The molecule has 2 atom stereocenters. The van der Waals surface area contributed by atoms with Gasteiger partial charge in [-0.25, -0.2) is 0 Å². The Labute approximate surface area is 148 Å². The summed E-state index contributed by atoms with van der Waals surface area (Å²) in [6.07, 6.45) is 8.63. The van der Waals surface area contributed by atoms with Gasteiger partial charge in [-0.2, -0.15) is 9.78 Å². The Kier molecular flexibility index (Phi) is 8.72. The molecule has 0 saturated carbocycles. The first-order valence-corrected chi connectivity index (χ1v) is 9.83. The number of carbonyl (C=O) groups is 1. The predicted octanol–water partition coefficient (Wildman–Crippen LogP) is 5.79. The van der Waals surface area contributed by atoms with Crippen molar-refractivity contribution >= 4 is 5.97 Å². The average Bonchev–Trinajstić information content (AvgIpc) is 3.24. The summed E-state index contributed by atoms with van der Waals surface area (Å²) in [5.74, 6) is 0.126. The summed E-state index contributed by atoms with van der Waals surface area (Å²) in [5, 5.41) is 0. The van der Waals surface area contributed by atoms with Crippen molar-refractivity contribution in [2.45, 2.75) is 111 Å². The molecule has 0 aromatic heterocycles. The summed E-state index contributed by atoms with van der Waals surface area (Å²) in [4.78, 5) is 22.7. The van der Waals surface area contributed by atoms with Crippen LogP contribution >= 0.6 is 0 Å². The highest BCUT2D eigenvalue weighted by Crippen LogP contribution is 2.36. The van der Waals surface area contributed by atoms with Gasteiger partial charge in [0.25, 0.3) is 0 Å². The van der Waals surface area contributed by atoms with E-state index in [0.717, 1.165) is 51.4 Å². The SMILES string of the molecule is CCCCC(CCC1(C)OO1)C(=O)OC(C)(CC)CCCC(C)C. The molecule has 0 bridgehead atoms. The molecule has 1 aliphatic rings. The van der Waals surface area contributed by atoms with E-state index < -0.39 is 5.79 Å². The van der Waals surface area contributed by atoms with E-state index in [0.29, 0.717) is 5.92 Å². The minimum atomic E-state index is -0.476. The maximum absolute atomic E-state index is 12.8. The van der Waals surface area contributed by atoms with Gasteiger partial charge in [-0.1, -0.05) is 47.0 Å². The molecule has 0 N–H and O–H groups in total. The molecule has 1 heterocycles. The van der Waals surface area contributed by atoms with Crippen molar-refractivity contribution in [1.29, 1.82) is 0 Å². The molecule has 4 nitrogen and oxygen atoms in total. The zero-order valence-corrected chi connectivity index (χ0v) is 16.7. The zero-order valence-electron chi connectivity index (χ0n) is 16.7. The van der Waals surface area contributed by atoms with E-state index in [-0.39, 0.29) is 17.5 Å². The minimum Gasteiger partial charge on any atom is -0.459 e. The normalized spacial score (nSPS) is 19.8.